The fourth-order valence-electron chi connectivity index (χ4n) is 6.40. The van der Waals surface area contributed by atoms with Crippen molar-refractivity contribution in [3.63, 3.8) is 0 Å². The van der Waals surface area contributed by atoms with E-state index in [1.165, 1.54) is 0 Å². The van der Waals surface area contributed by atoms with Gasteiger partial charge in [-0.05, 0) is 66.7 Å². The standard InChI is InChI=1S/C33H34N4O6/c1-6-18-16(4)32(42)36-23(18)12-22-15(3)20(8-10-28(38)39)24(34-22)13-25-21(9-11-29(40)41)31-17(5)30-19(7-2)33(43)37-27(30)14-26(31)35-25/h6-7,12,14,17,34-35H,1-2,8-11,13H2,3-5H3,(H,36,42)(H,37,43)(H,38,39)(H,40,41)/b23-12+. The van der Waals surface area contributed by atoms with Crippen molar-refractivity contribution in [2.45, 2.75) is 58.8 Å². The van der Waals surface area contributed by atoms with E-state index in [-0.39, 0.29) is 37.0 Å². The molecule has 0 spiro atoms. The average Bonchev–Trinajstić information content (AvgIpc) is 3.63. The first-order chi connectivity index (χ1) is 20.4. The summed E-state index contributed by atoms with van der Waals surface area (Å²) in [5.41, 5.74) is 10.6. The summed E-state index contributed by atoms with van der Waals surface area (Å²) in [6.07, 6.45) is 7.68. The predicted octanol–water partition coefficient (Wildman–Crippen LogP) is 4.32. The minimum atomic E-state index is -0.920. The number of carbonyl (C=O) groups excluding carboxylic acids is 2. The fourth-order valence-corrected chi connectivity index (χ4v) is 6.40. The highest BCUT2D eigenvalue weighted by atomic mass is 16.4. The number of nitrogens with one attached hydrogen (secondary N) is 4. The van der Waals surface area contributed by atoms with Crippen LogP contribution in [0.25, 0.3) is 12.2 Å². The van der Waals surface area contributed by atoms with Gasteiger partial charge in [-0.25, -0.2) is 0 Å². The maximum Gasteiger partial charge on any atom is 0.303 e. The van der Waals surface area contributed by atoms with Gasteiger partial charge in [0.25, 0.3) is 11.8 Å². The number of rotatable bonds is 11. The number of aromatic amines is 2. The highest BCUT2D eigenvalue weighted by molar-refractivity contribution is 6.05. The molecule has 10 nitrogen and oxygen atoms in total. The van der Waals surface area contributed by atoms with Gasteiger partial charge in [0.2, 0.25) is 0 Å². The molecule has 1 atom stereocenters. The molecular weight excluding hydrogens is 548 g/mol. The Kier molecular flexibility index (Phi) is 7.71. The van der Waals surface area contributed by atoms with Gasteiger partial charge >= 0.3 is 11.9 Å². The molecule has 2 aromatic rings. The molecule has 3 aliphatic rings. The summed E-state index contributed by atoms with van der Waals surface area (Å²) in [6.45, 7) is 13.3. The van der Waals surface area contributed by atoms with Crippen molar-refractivity contribution in [3.05, 3.63) is 104 Å². The van der Waals surface area contributed by atoms with Gasteiger partial charge in [-0.2, -0.15) is 0 Å². The summed E-state index contributed by atoms with van der Waals surface area (Å²) in [6, 6.07) is 0. The van der Waals surface area contributed by atoms with Crippen LogP contribution in [-0.4, -0.2) is 43.9 Å². The SMILES string of the molecule is C=CC1=C2C(=Cc3[nH]c(Cc4[nH]c(/C=C5/NC(=O)C(C)=C5C=C)c(C)c4CCC(=O)O)c(CCC(=O)O)c3C2C)NC1=O. The number of allylic oxidation sites excluding steroid dienone is 2. The molecule has 0 fully saturated rings. The van der Waals surface area contributed by atoms with E-state index in [0.29, 0.717) is 41.0 Å². The second kappa shape index (κ2) is 11.3. The van der Waals surface area contributed by atoms with Gasteiger partial charge in [0.1, 0.15) is 0 Å². The number of carboxylic acid groups (broad SMARTS) is 2. The number of aromatic nitrogens is 2. The minimum Gasteiger partial charge on any atom is -0.481 e. The number of H-pyrrole nitrogens is 2. The molecule has 43 heavy (non-hydrogen) atoms. The Balaban J connectivity index is 1.61. The predicted molar refractivity (Wildman–Crippen MR) is 162 cm³/mol. The fraction of sp³-hybridized carbons (Fsp3) is 0.273. The van der Waals surface area contributed by atoms with Gasteiger partial charge in [0, 0.05) is 70.4 Å². The molecule has 0 saturated heterocycles. The van der Waals surface area contributed by atoms with E-state index in [4.69, 9.17) is 0 Å². The molecule has 0 aromatic carbocycles. The molecule has 6 N–H and O–H groups in total. The Morgan fingerprint density at radius 1 is 0.907 bits per heavy atom. The Hall–Kier alpha value is -5.12. The van der Waals surface area contributed by atoms with Crippen LogP contribution in [-0.2, 0) is 38.4 Å². The topological polar surface area (TPSA) is 164 Å². The molecule has 5 rings (SSSR count). The molecular formula is C33H34N4O6. The van der Waals surface area contributed by atoms with Crippen molar-refractivity contribution in [1.29, 1.82) is 0 Å². The molecule has 1 unspecified atom stereocenters. The maximum absolute atomic E-state index is 12.5. The summed E-state index contributed by atoms with van der Waals surface area (Å²) < 4.78 is 0. The van der Waals surface area contributed by atoms with Crippen LogP contribution in [0.5, 0.6) is 0 Å². The second-order valence-electron chi connectivity index (χ2n) is 11.0. The van der Waals surface area contributed by atoms with E-state index in [9.17, 15) is 29.4 Å². The smallest absolute Gasteiger partial charge is 0.303 e. The number of carbonyl (C=O) groups is 4. The molecule has 0 saturated carbocycles. The molecule has 10 heteroatoms. The van der Waals surface area contributed by atoms with E-state index in [2.05, 4.69) is 33.8 Å². The van der Waals surface area contributed by atoms with Crippen LogP contribution < -0.4 is 10.6 Å². The lowest BCUT2D eigenvalue weighted by Gasteiger charge is -2.22. The molecule has 2 amide bonds. The van der Waals surface area contributed by atoms with Crippen LogP contribution in [0.15, 0.2) is 59.0 Å². The van der Waals surface area contributed by atoms with Gasteiger partial charge in [0.05, 0.1) is 5.70 Å². The lowest BCUT2D eigenvalue weighted by molar-refractivity contribution is -0.138. The Bertz CT molecular complexity index is 1760. The van der Waals surface area contributed by atoms with Crippen LogP contribution in [0.2, 0.25) is 0 Å². The molecule has 2 aromatic heterocycles. The lowest BCUT2D eigenvalue weighted by atomic mass is 9.81. The summed E-state index contributed by atoms with van der Waals surface area (Å²) in [4.78, 5) is 55.0. The largest absolute Gasteiger partial charge is 0.481 e. The van der Waals surface area contributed by atoms with Gasteiger partial charge in [-0.3, -0.25) is 19.2 Å². The summed E-state index contributed by atoms with van der Waals surface area (Å²) in [5.74, 6) is -2.44. The molecule has 0 bridgehead atoms. The zero-order chi connectivity index (χ0) is 31.2. The van der Waals surface area contributed by atoms with Crippen LogP contribution >= 0.6 is 0 Å². The van der Waals surface area contributed by atoms with Crippen LogP contribution in [0.1, 0.15) is 77.6 Å². The Morgan fingerprint density at radius 3 is 2.16 bits per heavy atom. The summed E-state index contributed by atoms with van der Waals surface area (Å²) in [5, 5.41) is 24.8. The lowest BCUT2D eigenvalue weighted by Crippen LogP contribution is -2.17. The zero-order valence-electron chi connectivity index (χ0n) is 24.4. The Labute approximate surface area is 248 Å². The van der Waals surface area contributed by atoms with Crippen molar-refractivity contribution in [2.75, 3.05) is 0 Å². The van der Waals surface area contributed by atoms with Gasteiger partial charge in [-0.15, -0.1) is 0 Å². The third kappa shape index (κ3) is 5.20. The third-order valence-electron chi connectivity index (χ3n) is 8.51. The molecule has 0 radical (unpaired) electrons. The quantitative estimate of drug-likeness (QED) is 0.231. The Morgan fingerprint density at radius 2 is 1.53 bits per heavy atom. The highest BCUT2D eigenvalue weighted by Crippen LogP contribution is 2.44. The minimum absolute atomic E-state index is 0.0657. The van der Waals surface area contributed by atoms with Crippen molar-refractivity contribution >= 4 is 35.9 Å². The number of hydrogen-bond acceptors (Lipinski definition) is 4. The monoisotopic (exact) mass is 582 g/mol. The zero-order valence-corrected chi connectivity index (χ0v) is 24.4. The highest BCUT2D eigenvalue weighted by Gasteiger charge is 2.36. The number of carboxylic acids is 2. The van der Waals surface area contributed by atoms with Crippen molar-refractivity contribution in [3.8, 4) is 0 Å². The van der Waals surface area contributed by atoms with E-state index in [0.717, 1.165) is 50.6 Å². The normalized spacial score (nSPS) is 18.4. The van der Waals surface area contributed by atoms with Crippen molar-refractivity contribution < 1.29 is 29.4 Å². The summed E-state index contributed by atoms with van der Waals surface area (Å²) in [7, 11) is 0. The first-order valence-electron chi connectivity index (χ1n) is 14.1. The van der Waals surface area contributed by atoms with E-state index in [1.807, 2.05) is 26.0 Å². The van der Waals surface area contributed by atoms with Crippen LogP contribution in [0, 0.1) is 6.92 Å². The van der Waals surface area contributed by atoms with E-state index in [1.54, 1.807) is 19.1 Å². The van der Waals surface area contributed by atoms with Crippen molar-refractivity contribution in [1.82, 2.24) is 20.6 Å². The van der Waals surface area contributed by atoms with Crippen LogP contribution in [0.4, 0.5) is 0 Å². The number of fused-ring (bicyclic) bond motifs is 2. The van der Waals surface area contributed by atoms with Gasteiger partial charge in [0.15, 0.2) is 0 Å². The van der Waals surface area contributed by atoms with Crippen molar-refractivity contribution in [2.24, 2.45) is 0 Å². The third-order valence-corrected chi connectivity index (χ3v) is 8.51. The van der Waals surface area contributed by atoms with E-state index >= 15 is 0 Å². The van der Waals surface area contributed by atoms with E-state index < -0.39 is 11.9 Å². The number of hydrogen-bond donors (Lipinski definition) is 6. The van der Waals surface area contributed by atoms with Gasteiger partial charge < -0.3 is 30.8 Å². The second-order valence-corrected chi connectivity index (χ2v) is 11.0. The number of amides is 2. The molecule has 222 valence electrons. The number of aliphatic carboxylic acids is 2. The summed E-state index contributed by atoms with van der Waals surface area (Å²) >= 11 is 0. The maximum atomic E-state index is 12.5. The molecule has 1 aliphatic carbocycles. The van der Waals surface area contributed by atoms with Gasteiger partial charge in [-0.1, -0.05) is 32.2 Å². The molecule has 2 aliphatic heterocycles. The average molecular weight is 583 g/mol. The first kappa shape index (κ1) is 29.4. The molecule has 4 heterocycles. The first-order valence-corrected chi connectivity index (χ1v) is 14.1. The van der Waals surface area contributed by atoms with Crippen LogP contribution in [0.3, 0.4) is 0 Å².